The Hall–Kier alpha value is 0.0900. The van der Waals surface area contributed by atoms with Crippen LogP contribution >= 0.6 is 23.5 Å². The van der Waals surface area contributed by atoms with Crippen LogP contribution in [0.25, 0.3) is 0 Å². The molecule has 4 nitrogen and oxygen atoms in total. The molecule has 22 heavy (non-hydrogen) atoms. The van der Waals surface area contributed by atoms with Gasteiger partial charge in [-0.15, -0.1) is 0 Å². The number of hydrogen-bond donors (Lipinski definition) is 1. The number of carbonyl (C=O) groups excluding carboxylic acids is 1. The summed E-state index contributed by atoms with van der Waals surface area (Å²) in [6.07, 6.45) is 4.23. The summed E-state index contributed by atoms with van der Waals surface area (Å²) in [6.45, 7) is 3.68. The summed E-state index contributed by atoms with van der Waals surface area (Å²) in [6, 6.07) is 0.774. The fourth-order valence-corrected chi connectivity index (χ4v) is 5.77. The molecule has 2 aliphatic rings. The summed E-state index contributed by atoms with van der Waals surface area (Å²) in [5, 5.41) is 2.91. The molecule has 0 aromatic rings. The summed E-state index contributed by atoms with van der Waals surface area (Å²) in [5.74, 6) is 6.15. The molecule has 2 fully saturated rings. The molecule has 0 radical (unpaired) electrons. The molecule has 6 heteroatoms. The van der Waals surface area contributed by atoms with Crippen molar-refractivity contribution >= 4 is 29.4 Å². The zero-order valence-electron chi connectivity index (χ0n) is 13.7. The third kappa shape index (κ3) is 6.69. The Balaban J connectivity index is 1.59. The molecule has 2 aliphatic heterocycles. The highest BCUT2D eigenvalue weighted by Gasteiger charge is 2.26. The average molecular weight is 347 g/mol. The standard InChI is InChI=1S/C16H30N2O2S2/c1-20-9-6-17-16(19)3-2-14-4-7-18(8-5-14)15-12-21-10-11-22-13-15/h14-15H,2-13H2,1H3,(H,17,19). The molecule has 2 saturated heterocycles. The van der Waals surface area contributed by atoms with E-state index in [2.05, 4.69) is 33.7 Å². The summed E-state index contributed by atoms with van der Waals surface area (Å²) in [4.78, 5) is 14.4. The fourth-order valence-electron chi connectivity index (χ4n) is 3.14. The topological polar surface area (TPSA) is 41.6 Å². The molecule has 0 bridgehead atoms. The maximum absolute atomic E-state index is 11.7. The molecule has 1 N–H and O–H groups in total. The minimum Gasteiger partial charge on any atom is -0.383 e. The van der Waals surface area contributed by atoms with E-state index in [-0.39, 0.29) is 5.91 Å². The van der Waals surface area contributed by atoms with Crippen LogP contribution < -0.4 is 5.32 Å². The lowest BCUT2D eigenvalue weighted by Crippen LogP contribution is -2.44. The second-order valence-electron chi connectivity index (χ2n) is 6.16. The van der Waals surface area contributed by atoms with E-state index in [1.807, 2.05) is 0 Å². The van der Waals surface area contributed by atoms with Crippen molar-refractivity contribution < 1.29 is 9.53 Å². The highest BCUT2D eigenvalue weighted by molar-refractivity contribution is 8.03. The molecule has 1 amide bonds. The van der Waals surface area contributed by atoms with Crippen molar-refractivity contribution in [2.45, 2.75) is 31.7 Å². The monoisotopic (exact) mass is 346 g/mol. The molecule has 0 atom stereocenters. The van der Waals surface area contributed by atoms with Crippen LogP contribution in [0, 0.1) is 5.92 Å². The van der Waals surface area contributed by atoms with Crippen LogP contribution in [0.15, 0.2) is 0 Å². The second-order valence-corrected chi connectivity index (χ2v) is 8.46. The Labute approximate surface area is 143 Å². The molecule has 2 rings (SSSR count). The fraction of sp³-hybridized carbons (Fsp3) is 0.938. The largest absolute Gasteiger partial charge is 0.383 e. The van der Waals surface area contributed by atoms with Crippen LogP contribution in [0.4, 0.5) is 0 Å². The number of rotatable bonds is 7. The number of carbonyl (C=O) groups is 1. The predicted octanol–water partition coefficient (Wildman–Crippen LogP) is 2.09. The molecule has 0 aromatic heterocycles. The van der Waals surface area contributed by atoms with Crippen molar-refractivity contribution in [3.05, 3.63) is 0 Å². The molecular formula is C16H30N2O2S2. The van der Waals surface area contributed by atoms with Gasteiger partial charge in [-0.2, -0.15) is 23.5 Å². The zero-order chi connectivity index (χ0) is 15.6. The van der Waals surface area contributed by atoms with Crippen molar-refractivity contribution in [2.24, 2.45) is 5.92 Å². The van der Waals surface area contributed by atoms with Crippen LogP contribution in [-0.4, -0.2) is 73.2 Å². The van der Waals surface area contributed by atoms with Crippen LogP contribution in [-0.2, 0) is 9.53 Å². The van der Waals surface area contributed by atoms with Crippen molar-refractivity contribution in [1.82, 2.24) is 10.2 Å². The normalized spacial score (nSPS) is 22.4. The van der Waals surface area contributed by atoms with Gasteiger partial charge in [0.05, 0.1) is 6.61 Å². The molecule has 0 spiro atoms. The molecule has 0 saturated carbocycles. The molecule has 0 unspecified atom stereocenters. The summed E-state index contributed by atoms with van der Waals surface area (Å²) < 4.78 is 4.94. The highest BCUT2D eigenvalue weighted by atomic mass is 32.2. The van der Waals surface area contributed by atoms with Crippen molar-refractivity contribution in [3.8, 4) is 0 Å². The Morgan fingerprint density at radius 2 is 1.91 bits per heavy atom. The van der Waals surface area contributed by atoms with Crippen molar-refractivity contribution in [1.29, 1.82) is 0 Å². The maximum atomic E-state index is 11.7. The minimum atomic E-state index is 0.177. The van der Waals surface area contributed by atoms with Gasteiger partial charge in [0.2, 0.25) is 5.91 Å². The number of methoxy groups -OCH3 is 1. The zero-order valence-corrected chi connectivity index (χ0v) is 15.4. The average Bonchev–Trinajstić information content (AvgIpc) is 2.83. The first-order valence-corrected chi connectivity index (χ1v) is 10.8. The van der Waals surface area contributed by atoms with Crippen molar-refractivity contribution in [2.75, 3.05) is 56.4 Å². The Morgan fingerprint density at radius 1 is 1.23 bits per heavy atom. The van der Waals surface area contributed by atoms with Crippen LogP contribution in [0.5, 0.6) is 0 Å². The van der Waals surface area contributed by atoms with Gasteiger partial charge >= 0.3 is 0 Å². The van der Waals surface area contributed by atoms with Gasteiger partial charge in [-0.05, 0) is 38.3 Å². The number of thioether (sulfide) groups is 2. The van der Waals surface area contributed by atoms with Crippen LogP contribution in [0.2, 0.25) is 0 Å². The van der Waals surface area contributed by atoms with Gasteiger partial charge in [0.25, 0.3) is 0 Å². The van der Waals surface area contributed by atoms with E-state index in [9.17, 15) is 4.79 Å². The number of hydrogen-bond acceptors (Lipinski definition) is 5. The minimum absolute atomic E-state index is 0.177. The van der Waals surface area contributed by atoms with Gasteiger partial charge in [-0.1, -0.05) is 0 Å². The van der Waals surface area contributed by atoms with E-state index in [0.717, 1.165) is 18.4 Å². The predicted molar refractivity (Wildman–Crippen MR) is 96.9 cm³/mol. The van der Waals surface area contributed by atoms with E-state index in [1.54, 1.807) is 7.11 Å². The first-order chi connectivity index (χ1) is 10.8. The van der Waals surface area contributed by atoms with E-state index >= 15 is 0 Å². The maximum Gasteiger partial charge on any atom is 0.220 e. The van der Waals surface area contributed by atoms with Crippen LogP contribution in [0.3, 0.4) is 0 Å². The third-order valence-corrected chi connectivity index (χ3v) is 7.05. The quantitative estimate of drug-likeness (QED) is 0.715. The number of piperidine rings is 1. The van der Waals surface area contributed by atoms with E-state index < -0.39 is 0 Å². The van der Waals surface area contributed by atoms with Crippen LogP contribution in [0.1, 0.15) is 25.7 Å². The molecule has 0 aliphatic carbocycles. The molecular weight excluding hydrogens is 316 g/mol. The Bertz CT molecular complexity index is 315. The summed E-state index contributed by atoms with van der Waals surface area (Å²) >= 11 is 4.23. The van der Waals surface area contributed by atoms with Gasteiger partial charge in [-0.3, -0.25) is 9.69 Å². The first-order valence-electron chi connectivity index (χ1n) is 8.44. The summed E-state index contributed by atoms with van der Waals surface area (Å²) in [5.41, 5.74) is 0. The number of nitrogens with one attached hydrogen (secondary N) is 1. The highest BCUT2D eigenvalue weighted by Crippen LogP contribution is 2.27. The van der Waals surface area contributed by atoms with Crippen molar-refractivity contribution in [3.63, 3.8) is 0 Å². The number of nitrogens with zero attached hydrogens (tertiary/aromatic N) is 1. The summed E-state index contributed by atoms with van der Waals surface area (Å²) in [7, 11) is 1.66. The molecule has 128 valence electrons. The number of amides is 1. The van der Waals surface area contributed by atoms with Gasteiger partial charge in [0.1, 0.15) is 0 Å². The lowest BCUT2D eigenvalue weighted by molar-refractivity contribution is -0.121. The van der Waals surface area contributed by atoms with E-state index in [1.165, 1.54) is 48.9 Å². The molecule has 2 heterocycles. The lowest BCUT2D eigenvalue weighted by Gasteiger charge is -2.37. The number of likely N-dealkylation sites (tertiary alicyclic amines) is 1. The molecule has 0 aromatic carbocycles. The lowest BCUT2D eigenvalue weighted by atomic mass is 9.91. The van der Waals surface area contributed by atoms with Gasteiger partial charge in [0.15, 0.2) is 0 Å². The van der Waals surface area contributed by atoms with Gasteiger partial charge in [-0.25, -0.2) is 0 Å². The number of ether oxygens (including phenoxy) is 1. The second kappa shape index (κ2) is 10.8. The Morgan fingerprint density at radius 3 is 2.55 bits per heavy atom. The van der Waals surface area contributed by atoms with Gasteiger partial charge in [0, 0.05) is 49.1 Å². The first kappa shape index (κ1) is 18.4. The SMILES string of the molecule is COCCNC(=O)CCC1CCN(C2CSCCSC2)CC1. The third-order valence-electron chi connectivity index (χ3n) is 4.57. The smallest absolute Gasteiger partial charge is 0.220 e. The van der Waals surface area contributed by atoms with Gasteiger partial charge < -0.3 is 10.1 Å². The van der Waals surface area contributed by atoms with E-state index in [4.69, 9.17) is 4.74 Å². The Kier molecular flexibility index (Phi) is 9.04. The van der Waals surface area contributed by atoms with E-state index in [0.29, 0.717) is 19.6 Å².